The van der Waals surface area contributed by atoms with Crippen LogP contribution in [-0.2, 0) is 0 Å². The number of hydrazone groups is 1. The van der Waals surface area contributed by atoms with Gasteiger partial charge in [0.25, 0.3) is 5.95 Å². The number of hydrogen-bond donors (Lipinski definition) is 2. The molecule has 3 rings (SSSR count). The number of fused-ring (bicyclic) bond motifs is 2. The van der Waals surface area contributed by atoms with Crippen molar-refractivity contribution in [1.82, 2.24) is 20.6 Å². The van der Waals surface area contributed by atoms with Crippen molar-refractivity contribution < 1.29 is 0 Å². The Kier molecular flexibility index (Phi) is 2.06. The molecule has 0 aromatic carbocycles. The molecule has 1 aromatic rings. The Labute approximate surface area is 100 Å². The maximum atomic E-state index is 4.50. The quantitative estimate of drug-likeness (QED) is 0.765. The lowest BCUT2D eigenvalue weighted by Gasteiger charge is -2.34. The van der Waals surface area contributed by atoms with Gasteiger partial charge in [-0.1, -0.05) is 25.9 Å². The predicted octanol–water partition coefficient (Wildman–Crippen LogP) is 1.81. The number of nitrogens with zero attached hydrogens (tertiary/aromatic N) is 4. The zero-order valence-corrected chi connectivity index (χ0v) is 10.5. The van der Waals surface area contributed by atoms with Gasteiger partial charge in [0, 0.05) is 11.1 Å². The van der Waals surface area contributed by atoms with E-state index in [2.05, 4.69) is 51.9 Å². The minimum absolute atomic E-state index is 0.217. The monoisotopic (exact) mass is 234 g/mol. The number of aromatic amines is 1. The van der Waals surface area contributed by atoms with E-state index < -0.39 is 0 Å². The first-order valence-corrected chi connectivity index (χ1v) is 6.10. The average Bonchev–Trinajstić information content (AvgIpc) is 2.91. The first kappa shape index (κ1) is 10.7. The summed E-state index contributed by atoms with van der Waals surface area (Å²) in [5.74, 6) is 1.19. The fourth-order valence-electron chi connectivity index (χ4n) is 3.42. The summed E-state index contributed by atoms with van der Waals surface area (Å²) in [6.07, 6.45) is 3.65. The SMILES string of the molecule is CC1(C)[C@@H]2CC[C@@]1(C)/C(=N\Nc1nn[nH]n1)C2. The van der Waals surface area contributed by atoms with Crippen LogP contribution in [0.4, 0.5) is 5.95 Å². The largest absolute Gasteiger partial charge is 0.283 e. The lowest BCUT2D eigenvalue weighted by molar-refractivity contribution is 0.194. The van der Waals surface area contributed by atoms with Crippen LogP contribution in [0.3, 0.4) is 0 Å². The second kappa shape index (κ2) is 3.27. The molecule has 0 unspecified atom stereocenters. The van der Waals surface area contributed by atoms with E-state index >= 15 is 0 Å². The molecule has 0 amide bonds. The molecular formula is C11H18N6. The van der Waals surface area contributed by atoms with E-state index in [1.807, 2.05) is 0 Å². The molecule has 2 fully saturated rings. The van der Waals surface area contributed by atoms with E-state index in [9.17, 15) is 0 Å². The molecule has 0 saturated heterocycles. The van der Waals surface area contributed by atoms with E-state index in [1.54, 1.807) is 0 Å². The minimum atomic E-state index is 0.217. The highest BCUT2D eigenvalue weighted by molar-refractivity contribution is 5.94. The summed E-state index contributed by atoms with van der Waals surface area (Å²) in [6, 6.07) is 0. The van der Waals surface area contributed by atoms with Gasteiger partial charge in [-0.05, 0) is 35.8 Å². The molecule has 0 aliphatic heterocycles. The van der Waals surface area contributed by atoms with Crippen LogP contribution in [0.25, 0.3) is 0 Å². The highest BCUT2D eigenvalue weighted by Gasteiger charge is 2.59. The number of aromatic nitrogens is 4. The van der Waals surface area contributed by atoms with Crippen molar-refractivity contribution in [3.05, 3.63) is 0 Å². The summed E-state index contributed by atoms with van der Waals surface area (Å²) in [5, 5.41) is 18.1. The summed E-state index contributed by atoms with van der Waals surface area (Å²) in [5.41, 5.74) is 4.71. The summed E-state index contributed by atoms with van der Waals surface area (Å²) < 4.78 is 0. The molecular weight excluding hydrogens is 216 g/mol. The smallest absolute Gasteiger partial charge is 0.243 e. The topological polar surface area (TPSA) is 78.9 Å². The molecule has 2 bridgehead atoms. The molecule has 2 atom stereocenters. The van der Waals surface area contributed by atoms with Gasteiger partial charge in [-0.3, -0.25) is 0 Å². The first-order chi connectivity index (χ1) is 8.04. The van der Waals surface area contributed by atoms with Crippen LogP contribution in [0.5, 0.6) is 0 Å². The summed E-state index contributed by atoms with van der Waals surface area (Å²) in [6.45, 7) is 7.06. The molecule has 2 aliphatic rings. The highest BCUT2D eigenvalue weighted by atomic mass is 15.5. The lowest BCUT2D eigenvalue weighted by Crippen LogP contribution is -2.32. The number of rotatable bonds is 2. The average molecular weight is 234 g/mol. The fraction of sp³-hybridized carbons (Fsp3) is 0.818. The van der Waals surface area contributed by atoms with Crippen LogP contribution in [0.1, 0.15) is 40.0 Å². The molecule has 17 heavy (non-hydrogen) atoms. The van der Waals surface area contributed by atoms with Crippen molar-refractivity contribution in [2.45, 2.75) is 40.0 Å². The molecule has 0 radical (unpaired) electrons. The van der Waals surface area contributed by atoms with Crippen molar-refractivity contribution in [3.8, 4) is 0 Å². The molecule has 2 aliphatic carbocycles. The van der Waals surface area contributed by atoms with Gasteiger partial charge in [-0.25, -0.2) is 5.43 Å². The van der Waals surface area contributed by atoms with E-state index in [1.165, 1.54) is 18.6 Å². The Hall–Kier alpha value is -1.46. The van der Waals surface area contributed by atoms with Crippen molar-refractivity contribution >= 4 is 11.7 Å². The summed E-state index contributed by atoms with van der Waals surface area (Å²) >= 11 is 0. The van der Waals surface area contributed by atoms with Crippen molar-refractivity contribution in [1.29, 1.82) is 0 Å². The maximum absolute atomic E-state index is 4.50. The number of hydrogen-bond acceptors (Lipinski definition) is 5. The third kappa shape index (κ3) is 1.33. The van der Waals surface area contributed by atoms with Crippen molar-refractivity contribution in [2.75, 3.05) is 5.43 Å². The Balaban J connectivity index is 1.84. The standard InChI is InChI=1S/C11H18N6/c1-10(2)7-4-5-11(10,3)8(6-7)12-13-9-14-16-17-15-9/h7H,4-6H2,1-3H3,(H2,13,14,15,16,17)/b12-8-/t7-,11+/m1/s1. The van der Waals surface area contributed by atoms with Gasteiger partial charge in [-0.2, -0.15) is 10.3 Å². The minimum Gasteiger partial charge on any atom is -0.243 e. The molecule has 6 nitrogen and oxygen atoms in total. The van der Waals surface area contributed by atoms with Crippen LogP contribution in [-0.4, -0.2) is 26.3 Å². The van der Waals surface area contributed by atoms with E-state index in [0.717, 1.165) is 12.3 Å². The van der Waals surface area contributed by atoms with E-state index in [0.29, 0.717) is 11.4 Å². The Morgan fingerprint density at radius 1 is 1.41 bits per heavy atom. The molecule has 92 valence electrons. The molecule has 0 spiro atoms. The van der Waals surface area contributed by atoms with Gasteiger partial charge in [0.2, 0.25) is 0 Å². The van der Waals surface area contributed by atoms with Crippen molar-refractivity contribution in [3.63, 3.8) is 0 Å². The number of anilines is 1. The Morgan fingerprint density at radius 2 is 2.24 bits per heavy atom. The lowest BCUT2D eigenvalue weighted by atomic mass is 9.70. The Morgan fingerprint density at radius 3 is 2.76 bits per heavy atom. The number of nitrogens with one attached hydrogen (secondary N) is 2. The van der Waals surface area contributed by atoms with Crippen LogP contribution in [0, 0.1) is 16.7 Å². The molecule has 1 aromatic heterocycles. The van der Waals surface area contributed by atoms with Gasteiger partial charge in [-0.15, -0.1) is 5.10 Å². The first-order valence-electron chi connectivity index (χ1n) is 6.10. The molecule has 2 saturated carbocycles. The summed E-state index contributed by atoms with van der Waals surface area (Å²) in [7, 11) is 0. The third-order valence-electron chi connectivity index (χ3n) is 5.15. The molecule has 1 heterocycles. The molecule has 2 N–H and O–H groups in total. The van der Waals surface area contributed by atoms with Gasteiger partial charge in [0.05, 0.1) is 0 Å². The van der Waals surface area contributed by atoms with Crippen LogP contribution >= 0.6 is 0 Å². The predicted molar refractivity (Wildman–Crippen MR) is 64.5 cm³/mol. The Bertz CT molecular complexity index is 449. The van der Waals surface area contributed by atoms with Crippen LogP contribution in [0.2, 0.25) is 0 Å². The molecule has 6 heteroatoms. The van der Waals surface area contributed by atoms with Crippen LogP contribution < -0.4 is 5.43 Å². The van der Waals surface area contributed by atoms with Gasteiger partial charge >= 0.3 is 0 Å². The van der Waals surface area contributed by atoms with E-state index in [4.69, 9.17) is 0 Å². The fourth-order valence-corrected chi connectivity index (χ4v) is 3.42. The summed E-state index contributed by atoms with van der Waals surface area (Å²) in [4.78, 5) is 0. The second-order valence-corrected chi connectivity index (χ2v) is 5.90. The van der Waals surface area contributed by atoms with Gasteiger partial charge in [0.15, 0.2) is 0 Å². The van der Waals surface area contributed by atoms with Crippen LogP contribution in [0.15, 0.2) is 5.10 Å². The maximum Gasteiger partial charge on any atom is 0.283 e. The third-order valence-corrected chi connectivity index (χ3v) is 5.15. The number of tetrazole rings is 1. The van der Waals surface area contributed by atoms with E-state index in [-0.39, 0.29) is 5.41 Å². The van der Waals surface area contributed by atoms with Gasteiger partial charge in [0.1, 0.15) is 0 Å². The normalized spacial score (nSPS) is 36.6. The van der Waals surface area contributed by atoms with Crippen molar-refractivity contribution in [2.24, 2.45) is 21.8 Å². The number of H-pyrrole nitrogens is 1. The highest BCUT2D eigenvalue weighted by Crippen LogP contribution is 2.63. The second-order valence-electron chi connectivity index (χ2n) is 5.90. The zero-order chi connectivity index (χ0) is 12.1. The van der Waals surface area contributed by atoms with Gasteiger partial charge < -0.3 is 0 Å². The zero-order valence-electron chi connectivity index (χ0n) is 10.5.